The lowest BCUT2D eigenvalue weighted by atomic mass is 9.84. The van der Waals surface area contributed by atoms with Gasteiger partial charge < -0.3 is 4.74 Å². The van der Waals surface area contributed by atoms with Crippen LogP contribution in [0.5, 0.6) is 11.5 Å². The second kappa shape index (κ2) is 9.04. The van der Waals surface area contributed by atoms with Crippen LogP contribution in [-0.4, -0.2) is 9.55 Å². The Kier molecular flexibility index (Phi) is 4.92. The first-order valence-electron chi connectivity index (χ1n) is 15.4. The smallest absolute Gasteiger partial charge is 0.153 e. The maximum absolute atomic E-state index is 6.57. The molecular weight excluding hydrogens is 548 g/mol. The Balaban J connectivity index is 1.29. The molecule has 0 radical (unpaired) electrons. The van der Waals surface area contributed by atoms with E-state index in [0.29, 0.717) is 0 Å². The van der Waals surface area contributed by atoms with Crippen LogP contribution in [0, 0.1) is 6.92 Å². The van der Waals surface area contributed by atoms with E-state index in [9.17, 15) is 0 Å². The number of hydrogen-bond acceptors (Lipinski definition) is 2. The fraction of sp³-hybridized carbons (Fsp3) is 0.0238. The van der Waals surface area contributed by atoms with Gasteiger partial charge in [0.15, 0.2) is 11.5 Å². The van der Waals surface area contributed by atoms with Gasteiger partial charge in [0.25, 0.3) is 0 Å². The van der Waals surface area contributed by atoms with Crippen molar-refractivity contribution < 1.29 is 4.74 Å². The fourth-order valence-corrected chi connectivity index (χ4v) is 7.63. The molecule has 0 aliphatic carbocycles. The number of rotatable bonds is 2. The van der Waals surface area contributed by atoms with Gasteiger partial charge in [-0.3, -0.25) is 4.57 Å². The molecule has 3 heteroatoms. The van der Waals surface area contributed by atoms with Crippen LogP contribution in [0.15, 0.2) is 140 Å². The largest absolute Gasteiger partial charge is 0.453 e. The van der Waals surface area contributed by atoms with E-state index in [-0.39, 0.29) is 0 Å². The van der Waals surface area contributed by atoms with E-state index >= 15 is 0 Å². The third-order valence-electron chi connectivity index (χ3n) is 9.49. The lowest BCUT2D eigenvalue weighted by Crippen LogP contribution is -2.05. The molecule has 0 fully saturated rings. The molecule has 0 saturated carbocycles. The quantitative estimate of drug-likeness (QED) is 0.152. The summed E-state index contributed by atoms with van der Waals surface area (Å²) in [6, 6.07) is 50.3. The normalized spacial score (nSPS) is 12.3. The lowest BCUT2D eigenvalue weighted by molar-refractivity contribution is 0.475. The summed E-state index contributed by atoms with van der Waals surface area (Å²) >= 11 is 0. The molecule has 210 valence electrons. The Morgan fingerprint density at radius 1 is 0.511 bits per heavy atom. The Morgan fingerprint density at radius 3 is 1.87 bits per heavy atom. The Hall–Kier alpha value is -5.93. The third-order valence-corrected chi connectivity index (χ3v) is 9.49. The number of aryl methyl sites for hydroxylation is 1. The van der Waals surface area contributed by atoms with E-state index in [1.165, 1.54) is 59.8 Å². The number of benzene rings is 8. The summed E-state index contributed by atoms with van der Waals surface area (Å²) in [5.41, 5.74) is 7.87. The summed E-state index contributed by atoms with van der Waals surface area (Å²) in [4.78, 5) is 4.81. The topological polar surface area (TPSA) is 27.1 Å². The zero-order valence-electron chi connectivity index (χ0n) is 24.6. The highest BCUT2D eigenvalue weighted by Crippen LogP contribution is 2.48. The molecule has 9 aromatic rings. The average molecular weight is 575 g/mol. The summed E-state index contributed by atoms with van der Waals surface area (Å²) in [5, 5.41) is 10.00. The molecule has 0 bridgehead atoms. The molecular formula is C42H26N2O. The van der Waals surface area contributed by atoms with E-state index in [2.05, 4.69) is 133 Å². The predicted octanol–water partition coefficient (Wildman–Crippen LogP) is 11.4. The average Bonchev–Trinajstić information content (AvgIpc) is 3.43. The molecule has 0 saturated heterocycles. The van der Waals surface area contributed by atoms with Crippen LogP contribution in [0.1, 0.15) is 5.82 Å². The van der Waals surface area contributed by atoms with Gasteiger partial charge in [0.05, 0.1) is 11.2 Å². The maximum atomic E-state index is 6.57. The molecule has 10 rings (SSSR count). The van der Waals surface area contributed by atoms with Crippen molar-refractivity contribution in [3.05, 3.63) is 145 Å². The molecule has 45 heavy (non-hydrogen) atoms. The summed E-state index contributed by atoms with van der Waals surface area (Å²) in [5.74, 6) is 2.63. The van der Waals surface area contributed by atoms with Crippen molar-refractivity contribution >= 4 is 54.1 Å². The minimum absolute atomic E-state index is 0.839. The van der Waals surface area contributed by atoms with Gasteiger partial charge in [-0.1, -0.05) is 109 Å². The highest BCUT2D eigenvalue weighted by Gasteiger charge is 2.25. The number of fused-ring (bicyclic) bond motifs is 7. The number of ether oxygens (including phenoxy) is 1. The van der Waals surface area contributed by atoms with Gasteiger partial charge >= 0.3 is 0 Å². The van der Waals surface area contributed by atoms with Gasteiger partial charge in [0.2, 0.25) is 0 Å². The fourth-order valence-electron chi connectivity index (χ4n) is 7.63. The van der Waals surface area contributed by atoms with Crippen LogP contribution >= 0.6 is 0 Å². The van der Waals surface area contributed by atoms with Gasteiger partial charge in [-0.2, -0.15) is 0 Å². The van der Waals surface area contributed by atoms with Crippen molar-refractivity contribution in [3.8, 4) is 39.4 Å². The second-order valence-corrected chi connectivity index (χ2v) is 11.9. The number of para-hydroxylation sites is 1. The first-order valence-corrected chi connectivity index (χ1v) is 15.4. The first-order chi connectivity index (χ1) is 22.2. The molecule has 1 aliphatic rings. The summed E-state index contributed by atoms with van der Waals surface area (Å²) in [7, 11) is 0. The minimum atomic E-state index is 0.839. The first kappa shape index (κ1) is 24.5. The maximum Gasteiger partial charge on any atom is 0.153 e. The lowest BCUT2D eigenvalue weighted by Gasteiger charge is -2.23. The van der Waals surface area contributed by atoms with E-state index in [0.717, 1.165) is 39.6 Å². The molecule has 0 amide bonds. The molecule has 0 unspecified atom stereocenters. The van der Waals surface area contributed by atoms with Gasteiger partial charge in [0.1, 0.15) is 11.3 Å². The van der Waals surface area contributed by atoms with E-state index in [4.69, 9.17) is 9.72 Å². The zero-order valence-corrected chi connectivity index (χ0v) is 24.6. The van der Waals surface area contributed by atoms with Crippen LogP contribution in [-0.2, 0) is 0 Å². The summed E-state index contributed by atoms with van der Waals surface area (Å²) < 4.78 is 8.79. The van der Waals surface area contributed by atoms with E-state index in [1.54, 1.807) is 0 Å². The van der Waals surface area contributed by atoms with Crippen LogP contribution in [0.3, 0.4) is 0 Å². The number of nitrogens with zero attached hydrogens (tertiary/aromatic N) is 2. The second-order valence-electron chi connectivity index (χ2n) is 11.9. The number of imidazole rings is 1. The highest BCUT2D eigenvalue weighted by molar-refractivity contribution is 6.25. The molecule has 2 heterocycles. The number of hydrogen-bond donors (Lipinski definition) is 0. The number of aromatic nitrogens is 2. The van der Waals surface area contributed by atoms with Crippen molar-refractivity contribution in [2.24, 2.45) is 0 Å². The summed E-state index contributed by atoms with van der Waals surface area (Å²) in [6.45, 7) is 2.06. The monoisotopic (exact) mass is 574 g/mol. The molecule has 0 N–H and O–H groups in total. The molecule has 1 aliphatic heterocycles. The third kappa shape index (κ3) is 3.38. The van der Waals surface area contributed by atoms with Gasteiger partial charge in [0, 0.05) is 0 Å². The Morgan fingerprint density at radius 2 is 1.13 bits per heavy atom. The molecule has 1 aromatic heterocycles. The molecule has 3 nitrogen and oxygen atoms in total. The zero-order chi connectivity index (χ0) is 29.6. The van der Waals surface area contributed by atoms with Crippen molar-refractivity contribution in [1.29, 1.82) is 0 Å². The van der Waals surface area contributed by atoms with Crippen molar-refractivity contribution in [3.63, 3.8) is 0 Å². The van der Waals surface area contributed by atoms with Crippen molar-refractivity contribution in [1.82, 2.24) is 9.55 Å². The SMILES string of the molecule is Cc1nc2cccc3c2n1-c1ccc(-c2c4ccccc4c(-c4cc5ccccc5c5ccccc45)c4ccccc24)cc1O3. The standard InChI is InChI=1S/C42H26N2O/c1-25-43-36-19-10-20-38-42(36)44(25)37-22-21-27(24-39(37)45-38)40-31-15-6-8-17-33(31)41(34-18-9-7-16-32(34)40)35-23-26-11-2-3-12-28(26)29-13-4-5-14-30(29)35/h2-24H,1H3. The van der Waals surface area contributed by atoms with Gasteiger partial charge in [-0.15, -0.1) is 0 Å². The Bertz CT molecular complexity index is 2640. The van der Waals surface area contributed by atoms with E-state index in [1.807, 2.05) is 18.2 Å². The van der Waals surface area contributed by atoms with E-state index < -0.39 is 0 Å². The van der Waals surface area contributed by atoms with Crippen molar-refractivity contribution in [2.45, 2.75) is 6.92 Å². The summed E-state index contributed by atoms with van der Waals surface area (Å²) in [6.07, 6.45) is 0. The predicted molar refractivity (Wildman–Crippen MR) is 187 cm³/mol. The van der Waals surface area contributed by atoms with Crippen LogP contribution in [0.25, 0.3) is 82.1 Å². The van der Waals surface area contributed by atoms with Crippen LogP contribution < -0.4 is 4.74 Å². The minimum Gasteiger partial charge on any atom is -0.453 e. The van der Waals surface area contributed by atoms with Crippen LogP contribution in [0.4, 0.5) is 0 Å². The Labute approximate surface area is 259 Å². The molecule has 0 spiro atoms. The molecule has 0 atom stereocenters. The van der Waals surface area contributed by atoms with Gasteiger partial charge in [-0.25, -0.2) is 4.98 Å². The highest BCUT2D eigenvalue weighted by atomic mass is 16.5. The van der Waals surface area contributed by atoms with Crippen molar-refractivity contribution in [2.75, 3.05) is 0 Å². The molecule has 8 aromatic carbocycles. The van der Waals surface area contributed by atoms with Crippen LogP contribution in [0.2, 0.25) is 0 Å². The van der Waals surface area contributed by atoms with Gasteiger partial charge in [-0.05, 0) is 103 Å².